The first kappa shape index (κ1) is 24.4. The molecule has 2 rings (SSSR count). The van der Waals surface area contributed by atoms with Crippen LogP contribution in [0.2, 0.25) is 0 Å². The van der Waals surface area contributed by atoms with E-state index in [0.717, 1.165) is 5.56 Å². The summed E-state index contributed by atoms with van der Waals surface area (Å²) >= 11 is 0. The molecule has 0 spiro atoms. The highest BCUT2D eigenvalue weighted by atomic mass is 16.5. The Bertz CT molecular complexity index is 765. The first-order valence-corrected chi connectivity index (χ1v) is 10.7. The molecule has 1 aromatic rings. The van der Waals surface area contributed by atoms with Crippen LogP contribution in [0.4, 0.5) is 4.79 Å². The van der Waals surface area contributed by atoms with E-state index in [1.54, 1.807) is 0 Å². The molecule has 0 saturated heterocycles. The summed E-state index contributed by atoms with van der Waals surface area (Å²) in [6.07, 6.45) is 1.68. The summed E-state index contributed by atoms with van der Waals surface area (Å²) in [5, 5.41) is 5.31. The molecule has 0 bridgehead atoms. The minimum Gasteiger partial charge on any atom is -0.467 e. The number of alkyl carbamates (subject to hydrolysis) is 1. The van der Waals surface area contributed by atoms with Gasteiger partial charge in [-0.25, -0.2) is 9.59 Å². The number of hydrogen-bond acceptors (Lipinski definition) is 6. The van der Waals surface area contributed by atoms with Crippen molar-refractivity contribution in [3.05, 3.63) is 35.9 Å². The van der Waals surface area contributed by atoms with Crippen LogP contribution in [0.3, 0.4) is 0 Å². The first-order valence-electron chi connectivity index (χ1n) is 10.7. The number of benzene rings is 1. The van der Waals surface area contributed by atoms with Crippen LogP contribution in [-0.2, 0) is 30.5 Å². The summed E-state index contributed by atoms with van der Waals surface area (Å²) in [5.74, 6) is -1.23. The summed E-state index contributed by atoms with van der Waals surface area (Å²) in [5.41, 5.74) is 0.829. The van der Waals surface area contributed by atoms with E-state index in [1.165, 1.54) is 7.11 Å². The number of ether oxygens (including phenoxy) is 2. The van der Waals surface area contributed by atoms with E-state index in [1.807, 2.05) is 44.2 Å². The van der Waals surface area contributed by atoms with Crippen LogP contribution in [0.15, 0.2) is 30.3 Å². The summed E-state index contributed by atoms with van der Waals surface area (Å²) in [4.78, 5) is 49.4. The van der Waals surface area contributed by atoms with E-state index in [0.29, 0.717) is 25.7 Å². The van der Waals surface area contributed by atoms with Gasteiger partial charge in [0, 0.05) is 12.8 Å². The maximum absolute atomic E-state index is 13.0. The molecule has 0 heterocycles. The SMILES string of the molecule is COC(=O)[C@H](NC(=O)[C@H](CC(C)C)NC(=O)OCc1ccccc1)[C@H]1CCCC(=O)C1. The summed E-state index contributed by atoms with van der Waals surface area (Å²) in [6, 6.07) is 7.40. The van der Waals surface area contributed by atoms with Crippen LogP contribution in [0, 0.1) is 11.8 Å². The predicted octanol–water partition coefficient (Wildman–Crippen LogP) is 2.74. The molecule has 0 unspecified atom stereocenters. The van der Waals surface area contributed by atoms with Crippen LogP contribution >= 0.6 is 0 Å². The van der Waals surface area contributed by atoms with E-state index in [9.17, 15) is 19.2 Å². The van der Waals surface area contributed by atoms with E-state index < -0.39 is 30.1 Å². The largest absolute Gasteiger partial charge is 0.467 e. The average Bonchev–Trinajstić information content (AvgIpc) is 2.75. The van der Waals surface area contributed by atoms with Gasteiger partial charge in [-0.3, -0.25) is 9.59 Å². The van der Waals surface area contributed by atoms with E-state index in [4.69, 9.17) is 9.47 Å². The summed E-state index contributed by atoms with van der Waals surface area (Å²) in [6.45, 7) is 3.93. The lowest BCUT2D eigenvalue weighted by Gasteiger charge is -2.30. The van der Waals surface area contributed by atoms with Crippen LogP contribution in [0.25, 0.3) is 0 Å². The third-order valence-corrected chi connectivity index (χ3v) is 5.27. The molecule has 0 radical (unpaired) electrons. The van der Waals surface area contributed by atoms with Crippen molar-refractivity contribution in [2.75, 3.05) is 7.11 Å². The Morgan fingerprint density at radius 2 is 1.84 bits per heavy atom. The smallest absolute Gasteiger partial charge is 0.408 e. The molecule has 3 atom stereocenters. The van der Waals surface area contributed by atoms with Crippen molar-refractivity contribution in [1.29, 1.82) is 0 Å². The number of Topliss-reactive ketones (excluding diaryl/α,β-unsaturated/α-hetero) is 1. The molecule has 1 aromatic carbocycles. The zero-order valence-electron chi connectivity index (χ0n) is 18.4. The fourth-order valence-corrected chi connectivity index (χ4v) is 3.70. The Balaban J connectivity index is 2.02. The molecule has 31 heavy (non-hydrogen) atoms. The van der Waals surface area contributed by atoms with Gasteiger partial charge < -0.3 is 20.1 Å². The Labute approximate surface area is 183 Å². The number of carbonyl (C=O) groups excluding carboxylic acids is 4. The normalized spacial score (nSPS) is 18.1. The van der Waals surface area contributed by atoms with Gasteiger partial charge >= 0.3 is 12.1 Å². The quantitative estimate of drug-likeness (QED) is 0.581. The lowest BCUT2D eigenvalue weighted by molar-refractivity contribution is -0.147. The first-order chi connectivity index (χ1) is 14.8. The van der Waals surface area contributed by atoms with Crippen LogP contribution in [0.5, 0.6) is 0 Å². The lowest BCUT2D eigenvalue weighted by Crippen LogP contribution is -2.55. The Kier molecular flexibility index (Phi) is 9.49. The maximum atomic E-state index is 13.0. The molecule has 8 heteroatoms. The number of hydrogen-bond donors (Lipinski definition) is 2. The van der Waals surface area contributed by atoms with Crippen molar-refractivity contribution < 1.29 is 28.7 Å². The van der Waals surface area contributed by atoms with Crippen molar-refractivity contribution in [2.24, 2.45) is 11.8 Å². The number of methoxy groups -OCH3 is 1. The number of ketones is 1. The molecule has 170 valence electrons. The van der Waals surface area contributed by atoms with Crippen molar-refractivity contribution in [3.63, 3.8) is 0 Å². The second-order valence-electron chi connectivity index (χ2n) is 8.29. The summed E-state index contributed by atoms with van der Waals surface area (Å²) in [7, 11) is 1.25. The summed E-state index contributed by atoms with van der Waals surface area (Å²) < 4.78 is 10.1. The van der Waals surface area contributed by atoms with Crippen LogP contribution < -0.4 is 10.6 Å². The standard InChI is InChI=1S/C23H32N2O6/c1-15(2)12-19(24-23(29)31-14-16-8-5-4-6-9-16)21(27)25-20(22(28)30-3)17-10-7-11-18(26)13-17/h4-6,8-9,15,17,19-20H,7,10-14H2,1-3H3,(H,24,29)(H,25,27)/t17-,19-,20+/m0/s1. The zero-order valence-corrected chi connectivity index (χ0v) is 18.4. The Morgan fingerprint density at radius 3 is 2.45 bits per heavy atom. The average molecular weight is 433 g/mol. The number of esters is 1. The fourth-order valence-electron chi connectivity index (χ4n) is 3.70. The predicted molar refractivity (Wildman–Crippen MR) is 114 cm³/mol. The van der Waals surface area contributed by atoms with Gasteiger partial charge in [0.15, 0.2) is 0 Å². The maximum Gasteiger partial charge on any atom is 0.408 e. The number of rotatable bonds is 9. The number of nitrogens with one attached hydrogen (secondary N) is 2. The van der Waals surface area contributed by atoms with Crippen molar-refractivity contribution >= 4 is 23.8 Å². The minimum atomic E-state index is -0.932. The molecule has 1 fully saturated rings. The molecule has 8 nitrogen and oxygen atoms in total. The van der Waals surface area contributed by atoms with Gasteiger partial charge in [-0.2, -0.15) is 0 Å². The van der Waals surface area contributed by atoms with Crippen LogP contribution in [-0.4, -0.2) is 42.9 Å². The zero-order chi connectivity index (χ0) is 22.8. The Hall–Kier alpha value is -2.90. The van der Waals surface area contributed by atoms with E-state index in [-0.39, 0.29) is 30.6 Å². The van der Waals surface area contributed by atoms with Crippen molar-refractivity contribution in [2.45, 2.75) is 64.6 Å². The lowest BCUT2D eigenvalue weighted by atomic mass is 9.83. The number of carbonyl (C=O) groups is 4. The molecule has 2 N–H and O–H groups in total. The van der Waals surface area contributed by atoms with Crippen molar-refractivity contribution in [1.82, 2.24) is 10.6 Å². The second kappa shape index (κ2) is 12.1. The van der Waals surface area contributed by atoms with E-state index >= 15 is 0 Å². The topological polar surface area (TPSA) is 111 Å². The third kappa shape index (κ3) is 8.03. The molecule has 2 amide bonds. The number of amides is 2. The van der Waals surface area contributed by atoms with Gasteiger partial charge in [0.1, 0.15) is 24.5 Å². The molecule has 1 saturated carbocycles. The molecule has 0 aromatic heterocycles. The van der Waals surface area contributed by atoms with Crippen molar-refractivity contribution in [3.8, 4) is 0 Å². The van der Waals surface area contributed by atoms with Crippen LogP contribution in [0.1, 0.15) is 51.5 Å². The van der Waals surface area contributed by atoms with E-state index in [2.05, 4.69) is 10.6 Å². The van der Waals surface area contributed by atoms with Gasteiger partial charge in [-0.05, 0) is 36.7 Å². The molecular weight excluding hydrogens is 400 g/mol. The highest BCUT2D eigenvalue weighted by Crippen LogP contribution is 2.25. The van der Waals surface area contributed by atoms with Gasteiger partial charge in [-0.15, -0.1) is 0 Å². The van der Waals surface area contributed by atoms with Gasteiger partial charge in [0.05, 0.1) is 7.11 Å². The minimum absolute atomic E-state index is 0.0701. The van der Waals surface area contributed by atoms with Gasteiger partial charge in [-0.1, -0.05) is 44.2 Å². The monoisotopic (exact) mass is 432 g/mol. The van der Waals surface area contributed by atoms with Gasteiger partial charge in [0.2, 0.25) is 5.91 Å². The Morgan fingerprint density at radius 1 is 1.13 bits per heavy atom. The molecule has 1 aliphatic carbocycles. The fraction of sp³-hybridized carbons (Fsp3) is 0.565. The second-order valence-corrected chi connectivity index (χ2v) is 8.29. The molecular formula is C23H32N2O6. The third-order valence-electron chi connectivity index (χ3n) is 5.27. The molecule has 1 aliphatic rings. The highest BCUT2D eigenvalue weighted by molar-refractivity contribution is 5.90. The highest BCUT2D eigenvalue weighted by Gasteiger charge is 2.36. The van der Waals surface area contributed by atoms with Gasteiger partial charge in [0.25, 0.3) is 0 Å². The molecule has 0 aliphatic heterocycles.